The molecule has 0 saturated carbocycles. The van der Waals surface area contributed by atoms with Crippen molar-refractivity contribution in [1.82, 2.24) is 9.55 Å². The van der Waals surface area contributed by atoms with Crippen LogP contribution in [0.25, 0.3) is 11.1 Å². The lowest BCUT2D eigenvalue weighted by molar-refractivity contribution is -0.152. The molecule has 1 unspecified atom stereocenters. The quantitative estimate of drug-likeness (QED) is 0.326. The first-order valence-corrected chi connectivity index (χ1v) is 10.8. The van der Waals surface area contributed by atoms with E-state index in [1.165, 1.54) is 31.2 Å². The molecule has 0 amide bonds. The number of hydrogen-bond donors (Lipinski definition) is 1. The van der Waals surface area contributed by atoms with E-state index >= 15 is 0 Å². The number of rotatable bonds is 8. The maximum absolute atomic E-state index is 14.8. The Balaban J connectivity index is 2.12. The van der Waals surface area contributed by atoms with Gasteiger partial charge in [0.25, 0.3) is 5.56 Å². The Hall–Kier alpha value is -3.87. The second-order valence-electron chi connectivity index (χ2n) is 7.36. The Labute approximate surface area is 210 Å². The molecule has 0 aliphatic heterocycles. The summed E-state index contributed by atoms with van der Waals surface area (Å²) >= 11 is 6.04. The lowest BCUT2D eigenvalue weighted by atomic mass is 10.0. The van der Waals surface area contributed by atoms with Crippen molar-refractivity contribution in [2.75, 3.05) is 13.3 Å². The largest absolute Gasteiger partial charge is 0.472 e. The molecular formula is C23H18ClF5N2O6. The Morgan fingerprint density at radius 3 is 2.38 bits per heavy atom. The normalized spacial score (nSPS) is 12.2. The van der Waals surface area contributed by atoms with Gasteiger partial charge in [0.05, 0.1) is 17.2 Å². The number of alkyl halides is 4. The van der Waals surface area contributed by atoms with Gasteiger partial charge in [-0.15, -0.1) is 0 Å². The molecule has 1 heterocycles. The summed E-state index contributed by atoms with van der Waals surface area (Å²) in [7, 11) is 0.758. The number of carbonyl (C=O) groups is 1. The van der Waals surface area contributed by atoms with Crippen molar-refractivity contribution < 1.29 is 41.0 Å². The summed E-state index contributed by atoms with van der Waals surface area (Å²) in [6, 6.07) is 6.86. The molecule has 0 aliphatic carbocycles. The minimum atomic E-state index is -5.21. The van der Waals surface area contributed by atoms with Crippen molar-refractivity contribution >= 4 is 17.6 Å². The summed E-state index contributed by atoms with van der Waals surface area (Å²) in [5.41, 5.74) is -6.60. The van der Waals surface area contributed by atoms with Crippen molar-refractivity contribution in [3.05, 3.63) is 73.8 Å². The summed E-state index contributed by atoms with van der Waals surface area (Å²) in [5.74, 6) is -3.05. The number of aromatic amines is 1. The number of halogens is 6. The highest BCUT2D eigenvalue weighted by Crippen LogP contribution is 2.41. The standard InChI is InChI=1S/C23H18ClF5N2O6/c1-3-35-21(33)17(10-25)37-15-7-5-4-6-14(15)36-16-8-11(13(26)9-12(16)24)18-19(23(27,28)29)31(2)22(34)30-20(18)32/h4-9,17H,3,10H2,1-2H3,(H,30,32,34). The summed E-state index contributed by atoms with van der Waals surface area (Å²) in [6.07, 6.45) is -6.86. The number of aromatic nitrogens is 2. The Morgan fingerprint density at radius 1 is 1.14 bits per heavy atom. The SMILES string of the molecule is CCOC(=O)C(CF)Oc1ccccc1Oc1cc(-c2c(C(F)(F)F)n(C)c(=O)[nH]c2=O)c(F)cc1Cl. The Kier molecular flexibility index (Phi) is 8.26. The van der Waals surface area contributed by atoms with Crippen LogP contribution < -0.4 is 20.7 Å². The number of hydrogen-bond acceptors (Lipinski definition) is 6. The molecule has 0 spiro atoms. The highest BCUT2D eigenvalue weighted by Gasteiger charge is 2.39. The Morgan fingerprint density at radius 2 is 1.78 bits per heavy atom. The number of para-hydroxylation sites is 2. The minimum absolute atomic E-state index is 0.0328. The molecule has 0 radical (unpaired) electrons. The average molecular weight is 549 g/mol. The predicted octanol–water partition coefficient (Wildman–Crippen LogP) is 4.62. The third kappa shape index (κ3) is 5.93. The van der Waals surface area contributed by atoms with Crippen molar-refractivity contribution in [1.29, 1.82) is 0 Å². The molecule has 198 valence electrons. The monoisotopic (exact) mass is 548 g/mol. The first kappa shape index (κ1) is 27.7. The van der Waals surface area contributed by atoms with E-state index in [2.05, 4.69) is 0 Å². The van der Waals surface area contributed by atoms with Gasteiger partial charge in [-0.1, -0.05) is 23.7 Å². The van der Waals surface area contributed by atoms with Crippen LogP contribution in [0, 0.1) is 5.82 Å². The first-order valence-electron chi connectivity index (χ1n) is 10.4. The van der Waals surface area contributed by atoms with E-state index in [1.54, 1.807) is 4.98 Å². The van der Waals surface area contributed by atoms with E-state index < -0.39 is 69.6 Å². The van der Waals surface area contributed by atoms with Gasteiger partial charge in [-0.05, 0) is 31.2 Å². The van der Waals surface area contributed by atoms with Crippen LogP contribution in [0.3, 0.4) is 0 Å². The van der Waals surface area contributed by atoms with Gasteiger partial charge >= 0.3 is 17.8 Å². The highest BCUT2D eigenvalue weighted by molar-refractivity contribution is 6.32. The smallest absolute Gasteiger partial charge is 0.432 e. The van der Waals surface area contributed by atoms with Crippen molar-refractivity contribution in [2.45, 2.75) is 19.2 Å². The van der Waals surface area contributed by atoms with E-state index in [9.17, 15) is 36.3 Å². The van der Waals surface area contributed by atoms with Crippen LogP contribution in [-0.4, -0.2) is 34.9 Å². The van der Waals surface area contributed by atoms with Crippen LogP contribution in [0.2, 0.25) is 5.02 Å². The summed E-state index contributed by atoms with van der Waals surface area (Å²) in [4.78, 5) is 37.8. The van der Waals surface area contributed by atoms with Gasteiger partial charge in [0.15, 0.2) is 11.5 Å². The van der Waals surface area contributed by atoms with Crippen LogP contribution in [0.1, 0.15) is 12.6 Å². The molecule has 3 rings (SSSR count). The van der Waals surface area contributed by atoms with E-state index in [1.807, 2.05) is 0 Å². The summed E-state index contributed by atoms with van der Waals surface area (Å²) in [5, 5.41) is -0.404. The zero-order chi connectivity index (χ0) is 27.5. The zero-order valence-electron chi connectivity index (χ0n) is 19.1. The minimum Gasteiger partial charge on any atom is -0.472 e. The maximum atomic E-state index is 14.8. The van der Waals surface area contributed by atoms with Crippen molar-refractivity contribution in [2.24, 2.45) is 7.05 Å². The van der Waals surface area contributed by atoms with Gasteiger partial charge in [0.1, 0.15) is 23.9 Å². The van der Waals surface area contributed by atoms with Gasteiger partial charge in [0, 0.05) is 12.6 Å². The molecular weight excluding hydrogens is 531 g/mol. The van der Waals surface area contributed by atoms with Crippen molar-refractivity contribution in [3.63, 3.8) is 0 Å². The summed E-state index contributed by atoms with van der Waals surface area (Å²) < 4.78 is 85.3. The second kappa shape index (κ2) is 11.0. The summed E-state index contributed by atoms with van der Waals surface area (Å²) in [6.45, 7) is 0.234. The van der Waals surface area contributed by atoms with E-state index in [4.69, 9.17) is 25.8 Å². The molecule has 2 aromatic carbocycles. The number of carbonyl (C=O) groups excluding carboxylic acids is 1. The lowest BCUT2D eigenvalue weighted by Crippen LogP contribution is -2.35. The number of nitrogens with zero attached hydrogens (tertiary/aromatic N) is 1. The van der Waals surface area contributed by atoms with Gasteiger partial charge in [-0.3, -0.25) is 14.3 Å². The first-order chi connectivity index (χ1) is 17.4. The van der Waals surface area contributed by atoms with Crippen LogP contribution >= 0.6 is 11.6 Å². The lowest BCUT2D eigenvalue weighted by Gasteiger charge is -2.19. The van der Waals surface area contributed by atoms with Gasteiger partial charge < -0.3 is 14.2 Å². The molecule has 14 heteroatoms. The topological polar surface area (TPSA) is 99.6 Å². The van der Waals surface area contributed by atoms with E-state index in [0.717, 1.165) is 13.1 Å². The maximum Gasteiger partial charge on any atom is 0.432 e. The molecule has 8 nitrogen and oxygen atoms in total. The molecule has 0 fully saturated rings. The van der Waals surface area contributed by atoms with E-state index in [0.29, 0.717) is 6.07 Å². The molecule has 1 N–H and O–H groups in total. The number of nitrogens with one attached hydrogen (secondary N) is 1. The molecule has 37 heavy (non-hydrogen) atoms. The fourth-order valence-electron chi connectivity index (χ4n) is 3.28. The van der Waals surface area contributed by atoms with Crippen LogP contribution in [-0.2, 0) is 22.8 Å². The fourth-order valence-corrected chi connectivity index (χ4v) is 3.47. The van der Waals surface area contributed by atoms with E-state index in [-0.39, 0.29) is 22.7 Å². The van der Waals surface area contributed by atoms with Crippen molar-refractivity contribution in [3.8, 4) is 28.4 Å². The average Bonchev–Trinajstić information content (AvgIpc) is 2.81. The molecule has 1 atom stereocenters. The highest BCUT2D eigenvalue weighted by atomic mass is 35.5. The zero-order valence-corrected chi connectivity index (χ0v) is 19.9. The Bertz CT molecular complexity index is 1440. The third-order valence-electron chi connectivity index (χ3n) is 4.91. The number of ether oxygens (including phenoxy) is 3. The number of esters is 1. The fraction of sp³-hybridized carbons (Fsp3) is 0.261. The molecule has 0 saturated heterocycles. The molecule has 0 aliphatic rings. The van der Waals surface area contributed by atoms with Gasteiger partial charge in [-0.2, -0.15) is 13.2 Å². The predicted molar refractivity (Wildman–Crippen MR) is 121 cm³/mol. The van der Waals surface area contributed by atoms with Crippen LogP contribution in [0.15, 0.2) is 46.0 Å². The van der Waals surface area contributed by atoms with Crippen LogP contribution in [0.4, 0.5) is 22.0 Å². The van der Waals surface area contributed by atoms with Gasteiger partial charge in [-0.25, -0.2) is 18.4 Å². The molecule has 1 aromatic heterocycles. The molecule has 0 bridgehead atoms. The van der Waals surface area contributed by atoms with Crippen LogP contribution in [0.5, 0.6) is 17.2 Å². The third-order valence-corrected chi connectivity index (χ3v) is 5.21. The number of benzene rings is 2. The van der Waals surface area contributed by atoms with Gasteiger partial charge in [0.2, 0.25) is 6.10 Å². The number of H-pyrrole nitrogens is 1. The second-order valence-corrected chi connectivity index (χ2v) is 7.77. The molecule has 3 aromatic rings.